The molecule has 4 rings (SSSR count). The van der Waals surface area contributed by atoms with Crippen molar-refractivity contribution in [2.75, 3.05) is 6.54 Å². The molecule has 0 saturated carbocycles. The number of para-hydroxylation sites is 2. The maximum atomic E-state index is 4.81. The first-order chi connectivity index (χ1) is 10.4. The number of benzene rings is 1. The molecule has 1 aliphatic rings. The third-order valence-corrected chi connectivity index (χ3v) is 4.07. The molecule has 0 atom stereocenters. The normalized spacial score (nSPS) is 15.8. The molecule has 21 heavy (non-hydrogen) atoms. The molecule has 1 aliphatic heterocycles. The summed E-state index contributed by atoms with van der Waals surface area (Å²) in [6, 6.07) is 14.5. The van der Waals surface area contributed by atoms with Gasteiger partial charge in [-0.05, 0) is 30.7 Å². The van der Waals surface area contributed by atoms with Crippen LogP contribution >= 0.6 is 0 Å². The van der Waals surface area contributed by atoms with Crippen molar-refractivity contribution >= 4 is 11.0 Å². The lowest BCUT2D eigenvalue weighted by atomic mass is 10.3. The summed E-state index contributed by atoms with van der Waals surface area (Å²) < 4.78 is 2.37. The first-order valence-corrected chi connectivity index (χ1v) is 7.46. The van der Waals surface area contributed by atoms with Gasteiger partial charge in [-0.15, -0.1) is 0 Å². The predicted molar refractivity (Wildman–Crippen MR) is 82.7 cm³/mol. The number of aryl methyl sites for hydroxylation is 1. The van der Waals surface area contributed by atoms with Crippen LogP contribution in [0.1, 0.15) is 17.9 Å². The zero-order valence-corrected chi connectivity index (χ0v) is 11.9. The summed E-state index contributed by atoms with van der Waals surface area (Å²) in [6.07, 6.45) is 3.02. The van der Waals surface area contributed by atoms with Crippen molar-refractivity contribution in [3.8, 4) is 0 Å². The highest BCUT2D eigenvalue weighted by atomic mass is 15.2. The van der Waals surface area contributed by atoms with Gasteiger partial charge >= 0.3 is 0 Å². The lowest BCUT2D eigenvalue weighted by Crippen LogP contribution is -2.23. The first kappa shape index (κ1) is 12.5. The molecular formula is C17H18N4. The SMILES string of the molecule is c1ccc(CN2CCCn3c(nc4ccccc43)C2)nc1. The topological polar surface area (TPSA) is 34.0 Å². The number of hydrogen-bond acceptors (Lipinski definition) is 3. The maximum Gasteiger partial charge on any atom is 0.124 e. The zero-order valence-electron chi connectivity index (χ0n) is 11.9. The molecule has 4 nitrogen and oxygen atoms in total. The van der Waals surface area contributed by atoms with E-state index < -0.39 is 0 Å². The Balaban J connectivity index is 1.63. The van der Waals surface area contributed by atoms with E-state index in [1.807, 2.05) is 12.3 Å². The van der Waals surface area contributed by atoms with Crippen LogP contribution in [0, 0.1) is 0 Å². The van der Waals surface area contributed by atoms with E-state index in [1.54, 1.807) is 0 Å². The van der Waals surface area contributed by atoms with Crippen LogP contribution < -0.4 is 0 Å². The van der Waals surface area contributed by atoms with E-state index in [-0.39, 0.29) is 0 Å². The largest absolute Gasteiger partial charge is 0.327 e. The summed E-state index contributed by atoms with van der Waals surface area (Å²) in [6.45, 7) is 3.93. The zero-order chi connectivity index (χ0) is 14.1. The van der Waals surface area contributed by atoms with Gasteiger partial charge in [0.05, 0.1) is 23.3 Å². The van der Waals surface area contributed by atoms with E-state index in [1.165, 1.54) is 11.3 Å². The highest BCUT2D eigenvalue weighted by molar-refractivity contribution is 5.75. The van der Waals surface area contributed by atoms with Crippen LogP contribution in [-0.4, -0.2) is 26.0 Å². The average molecular weight is 278 g/mol. The van der Waals surface area contributed by atoms with E-state index >= 15 is 0 Å². The van der Waals surface area contributed by atoms with Crippen molar-refractivity contribution in [1.29, 1.82) is 0 Å². The minimum Gasteiger partial charge on any atom is -0.327 e. The minimum atomic E-state index is 0.893. The lowest BCUT2D eigenvalue weighted by molar-refractivity contribution is 0.255. The Hall–Kier alpha value is -2.20. The van der Waals surface area contributed by atoms with Crippen molar-refractivity contribution in [2.24, 2.45) is 0 Å². The number of nitrogens with zero attached hydrogens (tertiary/aromatic N) is 4. The van der Waals surface area contributed by atoms with Gasteiger partial charge in [0.25, 0.3) is 0 Å². The van der Waals surface area contributed by atoms with E-state index in [0.717, 1.165) is 43.8 Å². The molecule has 3 aromatic rings. The molecule has 0 bridgehead atoms. The molecule has 0 unspecified atom stereocenters. The smallest absolute Gasteiger partial charge is 0.124 e. The fourth-order valence-corrected chi connectivity index (χ4v) is 3.08. The fraction of sp³-hybridized carbons (Fsp3) is 0.294. The average Bonchev–Trinajstić information content (AvgIpc) is 2.74. The molecule has 1 aromatic carbocycles. The van der Waals surface area contributed by atoms with Gasteiger partial charge in [-0.25, -0.2) is 4.98 Å². The summed E-state index contributed by atoms with van der Waals surface area (Å²) in [5.74, 6) is 1.17. The third kappa shape index (κ3) is 2.43. The monoisotopic (exact) mass is 278 g/mol. The Bertz CT molecular complexity index is 748. The summed E-state index contributed by atoms with van der Waals surface area (Å²) in [7, 11) is 0. The molecular weight excluding hydrogens is 260 g/mol. The second-order valence-electron chi connectivity index (χ2n) is 5.55. The molecule has 0 spiro atoms. The Labute approximate surface area is 124 Å². The van der Waals surface area contributed by atoms with Crippen LogP contribution in [0.4, 0.5) is 0 Å². The van der Waals surface area contributed by atoms with Gasteiger partial charge in [0.2, 0.25) is 0 Å². The van der Waals surface area contributed by atoms with Gasteiger partial charge in [-0.2, -0.15) is 0 Å². The highest BCUT2D eigenvalue weighted by Gasteiger charge is 2.18. The summed E-state index contributed by atoms with van der Waals surface area (Å²) in [5.41, 5.74) is 3.49. The summed E-state index contributed by atoms with van der Waals surface area (Å²) in [4.78, 5) is 11.7. The van der Waals surface area contributed by atoms with Gasteiger partial charge < -0.3 is 4.57 Å². The van der Waals surface area contributed by atoms with Crippen LogP contribution in [0.25, 0.3) is 11.0 Å². The minimum absolute atomic E-state index is 0.893. The van der Waals surface area contributed by atoms with Crippen LogP contribution in [0.15, 0.2) is 48.7 Å². The number of aromatic nitrogens is 3. The Morgan fingerprint density at radius 3 is 2.81 bits per heavy atom. The summed E-state index contributed by atoms with van der Waals surface area (Å²) >= 11 is 0. The van der Waals surface area contributed by atoms with Crippen molar-refractivity contribution in [3.05, 3.63) is 60.2 Å². The van der Waals surface area contributed by atoms with E-state index in [0.29, 0.717) is 0 Å². The van der Waals surface area contributed by atoms with Crippen LogP contribution in [0.5, 0.6) is 0 Å². The molecule has 0 aliphatic carbocycles. The van der Waals surface area contributed by atoms with Crippen LogP contribution in [-0.2, 0) is 19.6 Å². The van der Waals surface area contributed by atoms with Crippen molar-refractivity contribution in [2.45, 2.75) is 26.1 Å². The number of imidazole rings is 1. The van der Waals surface area contributed by atoms with E-state index in [4.69, 9.17) is 4.98 Å². The maximum absolute atomic E-state index is 4.81. The molecule has 106 valence electrons. The summed E-state index contributed by atoms with van der Waals surface area (Å²) in [5, 5.41) is 0. The van der Waals surface area contributed by atoms with E-state index in [9.17, 15) is 0 Å². The number of hydrogen-bond donors (Lipinski definition) is 0. The Morgan fingerprint density at radius 1 is 1.00 bits per heavy atom. The van der Waals surface area contributed by atoms with E-state index in [2.05, 4.69) is 50.8 Å². The van der Waals surface area contributed by atoms with Crippen LogP contribution in [0.3, 0.4) is 0 Å². The first-order valence-electron chi connectivity index (χ1n) is 7.46. The number of rotatable bonds is 2. The second kappa shape index (κ2) is 5.30. The molecule has 0 saturated heterocycles. The third-order valence-electron chi connectivity index (χ3n) is 4.07. The van der Waals surface area contributed by atoms with Gasteiger partial charge in [0.15, 0.2) is 0 Å². The predicted octanol–water partition coefficient (Wildman–Crippen LogP) is 2.84. The number of pyridine rings is 1. The Morgan fingerprint density at radius 2 is 1.90 bits per heavy atom. The van der Waals surface area contributed by atoms with Gasteiger partial charge in [0.1, 0.15) is 5.82 Å². The molecule has 3 heterocycles. The molecule has 0 N–H and O–H groups in total. The van der Waals surface area contributed by atoms with Crippen molar-refractivity contribution in [1.82, 2.24) is 19.4 Å². The number of fused-ring (bicyclic) bond motifs is 3. The molecule has 4 heteroatoms. The van der Waals surface area contributed by atoms with Gasteiger partial charge in [-0.3, -0.25) is 9.88 Å². The standard InChI is InChI=1S/C17H18N4/c1-2-8-16-15(7-1)19-17-13-20(10-5-11-21(16)17)12-14-6-3-4-9-18-14/h1-4,6-9H,5,10-13H2. The van der Waals surface area contributed by atoms with Crippen LogP contribution in [0.2, 0.25) is 0 Å². The highest BCUT2D eigenvalue weighted by Crippen LogP contribution is 2.21. The Kier molecular flexibility index (Phi) is 3.16. The molecule has 0 amide bonds. The fourth-order valence-electron chi connectivity index (χ4n) is 3.08. The van der Waals surface area contributed by atoms with Gasteiger partial charge in [0, 0.05) is 25.8 Å². The van der Waals surface area contributed by atoms with Crippen molar-refractivity contribution < 1.29 is 0 Å². The van der Waals surface area contributed by atoms with Crippen molar-refractivity contribution in [3.63, 3.8) is 0 Å². The van der Waals surface area contributed by atoms with Gasteiger partial charge in [-0.1, -0.05) is 18.2 Å². The lowest BCUT2D eigenvalue weighted by Gasteiger charge is -2.18. The second-order valence-corrected chi connectivity index (χ2v) is 5.55. The molecule has 0 fully saturated rings. The molecule has 2 aromatic heterocycles. The molecule has 0 radical (unpaired) electrons. The quantitative estimate of drug-likeness (QED) is 0.723.